The number of nitrogens with one attached hydrogen (secondary N) is 1. The Balaban J connectivity index is 1.85. The largest absolute Gasteiger partial charge is 0.402 e. The molecule has 0 aromatic heterocycles. The maximum absolute atomic E-state index is 12.1. The first-order valence-electron chi connectivity index (χ1n) is 7.90. The molecular weight excluding hydrogens is 316 g/mol. The number of carbonyl (C=O) groups is 2. The summed E-state index contributed by atoms with van der Waals surface area (Å²) in [4.78, 5) is 27.4. The molecule has 0 unspecified atom stereocenters. The molecule has 1 aliphatic rings. The first kappa shape index (κ1) is 16.6. The number of cyclic esters (lactones) is 1. The molecule has 5 nitrogen and oxygen atoms in total. The van der Waals surface area contributed by atoms with E-state index in [9.17, 15) is 9.59 Å². The van der Waals surface area contributed by atoms with E-state index >= 15 is 0 Å². The van der Waals surface area contributed by atoms with Crippen LogP contribution in [-0.4, -0.2) is 17.8 Å². The fourth-order valence-electron chi connectivity index (χ4n) is 2.43. The van der Waals surface area contributed by atoms with E-state index in [-0.39, 0.29) is 11.6 Å². The van der Waals surface area contributed by atoms with E-state index in [0.29, 0.717) is 11.6 Å². The molecule has 1 N–H and O–H groups in total. The minimum Gasteiger partial charge on any atom is -0.402 e. The Bertz CT molecular complexity index is 909. The minimum atomic E-state index is -0.473. The van der Waals surface area contributed by atoms with Gasteiger partial charge in [0.05, 0.1) is 0 Å². The number of hydrogen-bond acceptors (Lipinski definition) is 4. The van der Waals surface area contributed by atoms with Crippen molar-refractivity contribution in [2.75, 3.05) is 5.32 Å². The normalized spacial score (nSPS) is 15.1. The van der Waals surface area contributed by atoms with Crippen molar-refractivity contribution < 1.29 is 14.3 Å². The van der Waals surface area contributed by atoms with Gasteiger partial charge in [0.15, 0.2) is 5.70 Å². The van der Waals surface area contributed by atoms with Crippen LogP contribution in [0.5, 0.6) is 0 Å². The van der Waals surface area contributed by atoms with Crippen LogP contribution in [0.3, 0.4) is 0 Å². The second kappa shape index (κ2) is 6.73. The number of aliphatic imine (C=N–C) groups is 1. The van der Waals surface area contributed by atoms with E-state index in [2.05, 4.69) is 10.3 Å². The van der Waals surface area contributed by atoms with Gasteiger partial charge in [0, 0.05) is 18.2 Å². The van der Waals surface area contributed by atoms with Crippen LogP contribution >= 0.6 is 0 Å². The Hall–Kier alpha value is -3.21. The second-order valence-corrected chi connectivity index (χ2v) is 5.94. The fourth-order valence-corrected chi connectivity index (χ4v) is 2.43. The van der Waals surface area contributed by atoms with Crippen molar-refractivity contribution in [3.05, 3.63) is 70.4 Å². The van der Waals surface area contributed by atoms with Gasteiger partial charge in [0.2, 0.25) is 11.8 Å². The lowest BCUT2D eigenvalue weighted by atomic mass is 10.1. The number of rotatable bonds is 3. The first-order chi connectivity index (χ1) is 11.9. The van der Waals surface area contributed by atoms with Gasteiger partial charge in [0.1, 0.15) is 0 Å². The molecule has 0 aliphatic carbocycles. The van der Waals surface area contributed by atoms with E-state index in [0.717, 1.165) is 16.7 Å². The fraction of sp³-hybridized carbons (Fsp3) is 0.150. The predicted octanol–water partition coefficient (Wildman–Crippen LogP) is 3.61. The zero-order chi connectivity index (χ0) is 18.0. The minimum absolute atomic E-state index is 0.131. The van der Waals surface area contributed by atoms with Gasteiger partial charge >= 0.3 is 5.97 Å². The van der Waals surface area contributed by atoms with E-state index in [1.165, 1.54) is 12.5 Å². The van der Waals surface area contributed by atoms with Gasteiger partial charge in [-0.3, -0.25) is 4.79 Å². The summed E-state index contributed by atoms with van der Waals surface area (Å²) >= 11 is 0. The Kier molecular flexibility index (Phi) is 4.48. The number of nitrogens with zero attached hydrogens (tertiary/aromatic N) is 1. The highest BCUT2D eigenvalue weighted by Gasteiger charge is 2.24. The molecule has 3 rings (SSSR count). The Labute approximate surface area is 146 Å². The standard InChI is InChI=1S/C20H18N2O3/c1-12-4-7-16(10-13(12)2)19-22-18(20(24)25-19)11-15-5-8-17(9-6-15)21-14(3)23/h4-11H,1-3H3,(H,21,23). The lowest BCUT2D eigenvalue weighted by Crippen LogP contribution is -2.06. The predicted molar refractivity (Wildman–Crippen MR) is 97.3 cm³/mol. The molecule has 1 heterocycles. The molecule has 0 fully saturated rings. The van der Waals surface area contributed by atoms with Gasteiger partial charge in [-0.1, -0.05) is 18.2 Å². The second-order valence-electron chi connectivity index (χ2n) is 5.94. The van der Waals surface area contributed by atoms with Crippen LogP contribution in [0.2, 0.25) is 0 Å². The zero-order valence-electron chi connectivity index (χ0n) is 14.3. The smallest absolute Gasteiger partial charge is 0.363 e. The highest BCUT2D eigenvalue weighted by molar-refractivity contribution is 6.12. The number of benzene rings is 2. The van der Waals surface area contributed by atoms with E-state index in [1.807, 2.05) is 32.0 Å². The first-order valence-corrected chi connectivity index (χ1v) is 7.90. The third kappa shape index (κ3) is 3.83. The summed E-state index contributed by atoms with van der Waals surface area (Å²) in [6.07, 6.45) is 1.66. The molecule has 0 spiro atoms. The van der Waals surface area contributed by atoms with Gasteiger partial charge in [-0.25, -0.2) is 9.79 Å². The molecule has 126 valence electrons. The SMILES string of the molecule is CC(=O)Nc1ccc(C=C2N=C(c3ccc(C)c(C)c3)OC2=O)cc1. The summed E-state index contributed by atoms with van der Waals surface area (Å²) in [6.45, 7) is 5.48. The number of carbonyl (C=O) groups excluding carboxylic acids is 2. The van der Waals surface area contributed by atoms with Crippen molar-refractivity contribution in [2.24, 2.45) is 4.99 Å². The Morgan fingerprint density at radius 3 is 2.44 bits per heavy atom. The van der Waals surface area contributed by atoms with Crippen LogP contribution in [0, 0.1) is 13.8 Å². The molecule has 0 radical (unpaired) electrons. The van der Waals surface area contributed by atoms with Gasteiger partial charge in [-0.15, -0.1) is 0 Å². The number of anilines is 1. The number of amides is 1. The summed E-state index contributed by atoms with van der Waals surface area (Å²) in [5.74, 6) is -0.290. The Morgan fingerprint density at radius 1 is 1.08 bits per heavy atom. The molecule has 1 aliphatic heterocycles. The molecule has 0 saturated heterocycles. The van der Waals surface area contributed by atoms with Crippen molar-refractivity contribution in [3.63, 3.8) is 0 Å². The number of hydrogen-bond donors (Lipinski definition) is 1. The van der Waals surface area contributed by atoms with Crippen LogP contribution < -0.4 is 5.32 Å². The molecule has 2 aromatic carbocycles. The summed E-state index contributed by atoms with van der Waals surface area (Å²) in [7, 11) is 0. The lowest BCUT2D eigenvalue weighted by Gasteiger charge is -2.03. The lowest BCUT2D eigenvalue weighted by molar-refractivity contribution is -0.129. The van der Waals surface area contributed by atoms with Crippen molar-refractivity contribution in [1.82, 2.24) is 0 Å². The summed E-state index contributed by atoms with van der Waals surface area (Å²) in [6, 6.07) is 12.9. The zero-order valence-corrected chi connectivity index (χ0v) is 14.3. The quantitative estimate of drug-likeness (QED) is 0.689. The molecule has 25 heavy (non-hydrogen) atoms. The third-order valence-corrected chi connectivity index (χ3v) is 3.91. The van der Waals surface area contributed by atoms with Crippen LogP contribution in [0.15, 0.2) is 53.2 Å². The maximum atomic E-state index is 12.1. The van der Waals surface area contributed by atoms with Crippen LogP contribution in [0.25, 0.3) is 6.08 Å². The van der Waals surface area contributed by atoms with Crippen molar-refractivity contribution in [2.45, 2.75) is 20.8 Å². The maximum Gasteiger partial charge on any atom is 0.363 e. The molecular formula is C20H18N2O3. The van der Waals surface area contributed by atoms with Gasteiger partial charge in [0.25, 0.3) is 0 Å². The van der Waals surface area contributed by atoms with Gasteiger partial charge < -0.3 is 10.1 Å². The molecule has 1 amide bonds. The third-order valence-electron chi connectivity index (χ3n) is 3.91. The number of ether oxygens (including phenoxy) is 1. The van der Waals surface area contributed by atoms with E-state index in [1.54, 1.807) is 30.3 Å². The molecule has 0 atom stereocenters. The monoisotopic (exact) mass is 334 g/mol. The van der Waals surface area contributed by atoms with E-state index in [4.69, 9.17) is 4.74 Å². The molecule has 5 heteroatoms. The number of esters is 1. The molecule has 2 aromatic rings. The Morgan fingerprint density at radius 2 is 1.80 bits per heavy atom. The van der Waals surface area contributed by atoms with Gasteiger partial charge in [-0.05, 0) is 60.9 Å². The van der Waals surface area contributed by atoms with Gasteiger partial charge in [-0.2, -0.15) is 0 Å². The van der Waals surface area contributed by atoms with E-state index < -0.39 is 5.97 Å². The summed E-state index contributed by atoms with van der Waals surface area (Å²) in [5, 5.41) is 2.69. The van der Waals surface area contributed by atoms with Crippen LogP contribution in [0.1, 0.15) is 29.2 Å². The average molecular weight is 334 g/mol. The van der Waals surface area contributed by atoms with Crippen LogP contribution in [-0.2, 0) is 14.3 Å². The number of aryl methyl sites for hydroxylation is 2. The topological polar surface area (TPSA) is 67.8 Å². The highest BCUT2D eigenvalue weighted by Crippen LogP contribution is 2.21. The average Bonchev–Trinajstić information content (AvgIpc) is 2.92. The van der Waals surface area contributed by atoms with Crippen LogP contribution in [0.4, 0.5) is 5.69 Å². The summed E-state index contributed by atoms with van der Waals surface area (Å²) in [5.41, 5.74) is 4.81. The molecule has 0 bridgehead atoms. The van der Waals surface area contributed by atoms with Crippen molar-refractivity contribution >= 4 is 29.5 Å². The van der Waals surface area contributed by atoms with Crippen molar-refractivity contribution in [1.29, 1.82) is 0 Å². The van der Waals surface area contributed by atoms with Crippen molar-refractivity contribution in [3.8, 4) is 0 Å². The highest BCUT2D eigenvalue weighted by atomic mass is 16.6. The summed E-state index contributed by atoms with van der Waals surface area (Å²) < 4.78 is 5.29. The molecule has 0 saturated carbocycles.